The predicted molar refractivity (Wildman–Crippen MR) is 102 cm³/mol. The molecule has 1 amide bonds. The summed E-state index contributed by atoms with van der Waals surface area (Å²) in [4.78, 5) is 14.4. The van der Waals surface area contributed by atoms with E-state index < -0.39 is 0 Å². The van der Waals surface area contributed by atoms with Gasteiger partial charge < -0.3 is 15.4 Å². The van der Waals surface area contributed by atoms with Gasteiger partial charge in [0.2, 0.25) is 5.91 Å². The summed E-state index contributed by atoms with van der Waals surface area (Å²) in [5, 5.41) is 0. The Morgan fingerprint density at radius 2 is 1.80 bits per heavy atom. The van der Waals surface area contributed by atoms with Crippen molar-refractivity contribution in [3.8, 4) is 5.75 Å². The second-order valence-electron chi connectivity index (χ2n) is 6.33. The molecule has 2 aromatic rings. The lowest BCUT2D eigenvalue weighted by Gasteiger charge is -2.16. The summed E-state index contributed by atoms with van der Waals surface area (Å²) in [5.74, 6) is 1.25. The number of rotatable bonds is 5. The molecule has 1 aliphatic heterocycles. The molecular formula is C20H25ClN2O2. The van der Waals surface area contributed by atoms with Gasteiger partial charge in [-0.1, -0.05) is 42.5 Å². The number of benzene rings is 2. The number of nitrogens with two attached hydrogens (primary N) is 1. The molecule has 0 spiro atoms. The molecule has 25 heavy (non-hydrogen) atoms. The van der Waals surface area contributed by atoms with E-state index in [4.69, 9.17) is 10.5 Å². The molecule has 0 aliphatic carbocycles. The van der Waals surface area contributed by atoms with Gasteiger partial charge >= 0.3 is 0 Å². The molecule has 1 heterocycles. The summed E-state index contributed by atoms with van der Waals surface area (Å²) in [6.45, 7) is 1.35. The van der Waals surface area contributed by atoms with Crippen LogP contribution in [0, 0.1) is 0 Å². The maximum Gasteiger partial charge on any atom is 0.222 e. The maximum absolute atomic E-state index is 12.5. The number of halogens is 1. The van der Waals surface area contributed by atoms with Crippen LogP contribution in [0.4, 0.5) is 0 Å². The van der Waals surface area contributed by atoms with E-state index in [1.165, 1.54) is 5.56 Å². The lowest BCUT2D eigenvalue weighted by atomic mass is 9.95. The second kappa shape index (κ2) is 8.88. The molecule has 2 atom stereocenters. The molecule has 134 valence electrons. The average Bonchev–Trinajstić information content (AvgIpc) is 3.02. The number of hydrogen-bond acceptors (Lipinski definition) is 3. The Balaban J connectivity index is 0.00000225. The largest absolute Gasteiger partial charge is 0.497 e. The van der Waals surface area contributed by atoms with Crippen LogP contribution >= 0.6 is 12.4 Å². The van der Waals surface area contributed by atoms with Crippen LogP contribution in [0.2, 0.25) is 0 Å². The zero-order valence-corrected chi connectivity index (χ0v) is 15.2. The average molecular weight is 361 g/mol. The minimum absolute atomic E-state index is 0. The quantitative estimate of drug-likeness (QED) is 0.891. The number of amides is 1. The van der Waals surface area contributed by atoms with Gasteiger partial charge in [0.15, 0.2) is 0 Å². The lowest BCUT2D eigenvalue weighted by Crippen LogP contribution is -2.32. The van der Waals surface area contributed by atoms with Crippen LogP contribution in [-0.4, -0.2) is 37.0 Å². The predicted octanol–water partition coefficient (Wildman–Crippen LogP) is 3.00. The van der Waals surface area contributed by atoms with Crippen LogP contribution < -0.4 is 10.5 Å². The van der Waals surface area contributed by atoms with E-state index in [9.17, 15) is 4.79 Å². The van der Waals surface area contributed by atoms with Gasteiger partial charge in [-0.25, -0.2) is 0 Å². The fraction of sp³-hybridized carbons (Fsp3) is 0.350. The van der Waals surface area contributed by atoms with Gasteiger partial charge in [0.25, 0.3) is 0 Å². The van der Waals surface area contributed by atoms with Crippen molar-refractivity contribution in [1.82, 2.24) is 4.90 Å². The molecule has 5 heteroatoms. The van der Waals surface area contributed by atoms with Crippen molar-refractivity contribution in [3.05, 3.63) is 65.7 Å². The minimum Gasteiger partial charge on any atom is -0.497 e. The van der Waals surface area contributed by atoms with Gasteiger partial charge in [0, 0.05) is 31.5 Å². The molecule has 0 bridgehead atoms. The molecule has 0 unspecified atom stereocenters. The number of carbonyl (C=O) groups is 1. The van der Waals surface area contributed by atoms with Crippen molar-refractivity contribution in [3.63, 3.8) is 0 Å². The molecule has 2 N–H and O–H groups in total. The molecule has 4 nitrogen and oxygen atoms in total. The Morgan fingerprint density at radius 1 is 1.12 bits per heavy atom. The van der Waals surface area contributed by atoms with E-state index in [1.807, 2.05) is 47.4 Å². The second-order valence-corrected chi connectivity index (χ2v) is 6.33. The van der Waals surface area contributed by atoms with E-state index in [0.717, 1.165) is 17.7 Å². The Labute approximate surface area is 155 Å². The van der Waals surface area contributed by atoms with E-state index in [-0.39, 0.29) is 30.3 Å². The Hall–Kier alpha value is -2.04. The van der Waals surface area contributed by atoms with Gasteiger partial charge in [-0.2, -0.15) is 0 Å². The highest BCUT2D eigenvalue weighted by Crippen LogP contribution is 2.27. The third-order valence-electron chi connectivity index (χ3n) is 4.73. The summed E-state index contributed by atoms with van der Waals surface area (Å²) in [7, 11) is 1.65. The van der Waals surface area contributed by atoms with E-state index in [1.54, 1.807) is 7.11 Å². The lowest BCUT2D eigenvalue weighted by molar-refractivity contribution is -0.130. The summed E-state index contributed by atoms with van der Waals surface area (Å²) in [5.41, 5.74) is 8.63. The number of nitrogens with zero attached hydrogens (tertiary/aromatic N) is 1. The fourth-order valence-corrected chi connectivity index (χ4v) is 3.29. The molecule has 0 radical (unpaired) electrons. The number of carbonyl (C=O) groups excluding carboxylic acids is 1. The highest BCUT2D eigenvalue weighted by Gasteiger charge is 2.33. The molecule has 0 saturated carbocycles. The zero-order valence-electron chi connectivity index (χ0n) is 14.4. The SMILES string of the molecule is COc1ccc(CCC(=O)N2C[C@@H](N)[C@H](c3ccccc3)C2)cc1.Cl. The van der Waals surface area contributed by atoms with Crippen molar-refractivity contribution in [2.24, 2.45) is 5.73 Å². The Bertz CT molecular complexity index is 676. The van der Waals surface area contributed by atoms with Gasteiger partial charge in [0.05, 0.1) is 7.11 Å². The standard InChI is InChI=1S/C20H24N2O2.ClH/c1-24-17-10-7-15(8-11-17)9-12-20(23)22-13-18(19(21)14-22)16-5-3-2-4-6-16;/h2-8,10-11,18-19H,9,12-14,21H2,1H3;1H/t18-,19+;/m0./s1. The van der Waals surface area contributed by atoms with Crippen molar-refractivity contribution >= 4 is 18.3 Å². The topological polar surface area (TPSA) is 55.6 Å². The maximum atomic E-state index is 12.5. The Morgan fingerprint density at radius 3 is 2.44 bits per heavy atom. The van der Waals surface area contributed by atoms with Gasteiger partial charge in [-0.15, -0.1) is 12.4 Å². The Kier molecular flexibility index (Phi) is 6.85. The normalized spacial score (nSPS) is 19.4. The van der Waals surface area contributed by atoms with Crippen LogP contribution in [0.5, 0.6) is 5.75 Å². The van der Waals surface area contributed by atoms with Crippen molar-refractivity contribution in [2.75, 3.05) is 20.2 Å². The fourth-order valence-electron chi connectivity index (χ4n) is 3.29. The first-order chi connectivity index (χ1) is 11.7. The monoisotopic (exact) mass is 360 g/mol. The summed E-state index contributed by atoms with van der Waals surface area (Å²) in [6, 6.07) is 18.1. The summed E-state index contributed by atoms with van der Waals surface area (Å²) >= 11 is 0. The van der Waals surface area contributed by atoms with Crippen LogP contribution in [0.15, 0.2) is 54.6 Å². The van der Waals surface area contributed by atoms with Crippen LogP contribution in [0.25, 0.3) is 0 Å². The zero-order chi connectivity index (χ0) is 16.9. The van der Waals surface area contributed by atoms with Crippen LogP contribution in [-0.2, 0) is 11.2 Å². The number of aryl methyl sites for hydroxylation is 1. The molecule has 1 saturated heterocycles. The molecule has 3 rings (SSSR count). The van der Waals surface area contributed by atoms with Crippen molar-refractivity contribution < 1.29 is 9.53 Å². The number of likely N-dealkylation sites (tertiary alicyclic amines) is 1. The summed E-state index contributed by atoms with van der Waals surface area (Å²) in [6.07, 6.45) is 1.26. The molecule has 2 aromatic carbocycles. The number of methoxy groups -OCH3 is 1. The molecule has 1 fully saturated rings. The van der Waals surface area contributed by atoms with Gasteiger partial charge in [-0.05, 0) is 29.7 Å². The first-order valence-corrected chi connectivity index (χ1v) is 8.38. The van der Waals surface area contributed by atoms with Crippen LogP contribution in [0.1, 0.15) is 23.5 Å². The van der Waals surface area contributed by atoms with Crippen molar-refractivity contribution in [1.29, 1.82) is 0 Å². The highest BCUT2D eigenvalue weighted by molar-refractivity contribution is 5.85. The number of hydrogen-bond donors (Lipinski definition) is 1. The van der Waals surface area contributed by atoms with Crippen LogP contribution in [0.3, 0.4) is 0 Å². The first kappa shape index (κ1) is 19.3. The highest BCUT2D eigenvalue weighted by atomic mass is 35.5. The third-order valence-corrected chi connectivity index (χ3v) is 4.73. The molecular weight excluding hydrogens is 336 g/mol. The third kappa shape index (κ3) is 4.74. The molecule has 1 aliphatic rings. The first-order valence-electron chi connectivity index (χ1n) is 8.38. The summed E-state index contributed by atoms with van der Waals surface area (Å²) < 4.78 is 5.15. The van der Waals surface area contributed by atoms with Gasteiger partial charge in [-0.3, -0.25) is 4.79 Å². The van der Waals surface area contributed by atoms with E-state index >= 15 is 0 Å². The number of ether oxygens (including phenoxy) is 1. The van der Waals surface area contributed by atoms with E-state index in [0.29, 0.717) is 19.5 Å². The molecule has 0 aromatic heterocycles. The van der Waals surface area contributed by atoms with Crippen molar-refractivity contribution in [2.45, 2.75) is 24.8 Å². The smallest absolute Gasteiger partial charge is 0.222 e. The minimum atomic E-state index is 0. The van der Waals surface area contributed by atoms with Gasteiger partial charge in [0.1, 0.15) is 5.75 Å². The van der Waals surface area contributed by atoms with E-state index in [2.05, 4.69) is 12.1 Å².